The number of carbonyl (C=O) groups is 1. The minimum absolute atomic E-state index is 0.161. The number of hydrogen-bond donors (Lipinski definition) is 2. The van der Waals surface area contributed by atoms with E-state index >= 15 is 0 Å². The highest BCUT2D eigenvalue weighted by Gasteiger charge is 2.17. The molecule has 138 valence electrons. The van der Waals surface area contributed by atoms with Gasteiger partial charge < -0.3 is 5.32 Å². The van der Waals surface area contributed by atoms with Crippen LogP contribution in [0.5, 0.6) is 0 Å². The summed E-state index contributed by atoms with van der Waals surface area (Å²) in [5.74, 6) is -0.454. The van der Waals surface area contributed by atoms with Crippen molar-refractivity contribution < 1.29 is 9.72 Å². The topological polar surface area (TPSA) is 97.2 Å². The number of benzene rings is 2. The fraction of sp³-hybridized carbons (Fsp3) is 0.111. The minimum atomic E-state index is -0.533. The predicted octanol–water partition coefficient (Wildman–Crippen LogP) is 4.59. The number of amides is 1. The fourth-order valence-corrected chi connectivity index (χ4v) is 3.55. The lowest BCUT2D eigenvalue weighted by molar-refractivity contribution is -0.384. The van der Waals surface area contributed by atoms with Gasteiger partial charge in [-0.25, -0.2) is 4.98 Å². The quantitative estimate of drug-likeness (QED) is 0.464. The summed E-state index contributed by atoms with van der Waals surface area (Å²) < 4.78 is 0. The van der Waals surface area contributed by atoms with Crippen molar-refractivity contribution in [3.63, 3.8) is 0 Å². The van der Waals surface area contributed by atoms with Gasteiger partial charge in [0.25, 0.3) is 11.6 Å². The van der Waals surface area contributed by atoms with Crippen LogP contribution in [0.2, 0.25) is 5.02 Å². The standard InChI is InChI=1S/C18H15ClN4O3S/c1-20-15-6-5-12(9-16(15)23(25)26)17(24)22-18-21-10-14(27-18)8-11-3-2-4-13(19)7-11/h2-7,9-10,20H,8H2,1H3,(H,21,22,24). The van der Waals surface area contributed by atoms with Gasteiger partial charge in [0.05, 0.1) is 4.92 Å². The highest BCUT2D eigenvalue weighted by molar-refractivity contribution is 7.15. The average Bonchev–Trinajstić information content (AvgIpc) is 3.07. The fourth-order valence-electron chi connectivity index (χ4n) is 2.50. The highest BCUT2D eigenvalue weighted by atomic mass is 35.5. The van der Waals surface area contributed by atoms with Crippen molar-refractivity contribution in [2.24, 2.45) is 0 Å². The first kappa shape index (κ1) is 18.8. The van der Waals surface area contributed by atoms with E-state index in [0.29, 0.717) is 22.3 Å². The molecular weight excluding hydrogens is 388 g/mol. The molecule has 0 saturated carbocycles. The van der Waals surface area contributed by atoms with Crippen LogP contribution >= 0.6 is 22.9 Å². The van der Waals surface area contributed by atoms with E-state index in [1.165, 1.54) is 29.5 Å². The van der Waals surface area contributed by atoms with E-state index in [1.54, 1.807) is 13.2 Å². The summed E-state index contributed by atoms with van der Waals surface area (Å²) in [6.45, 7) is 0. The molecule has 1 heterocycles. The summed E-state index contributed by atoms with van der Waals surface area (Å²) in [6.07, 6.45) is 2.34. The maximum absolute atomic E-state index is 12.4. The lowest BCUT2D eigenvalue weighted by Gasteiger charge is -2.05. The van der Waals surface area contributed by atoms with E-state index in [4.69, 9.17) is 11.6 Å². The third kappa shape index (κ3) is 4.60. The molecule has 0 aliphatic rings. The molecule has 0 unspecified atom stereocenters. The third-order valence-electron chi connectivity index (χ3n) is 3.77. The van der Waals surface area contributed by atoms with Gasteiger partial charge in [0.1, 0.15) is 5.69 Å². The number of thiazole rings is 1. The predicted molar refractivity (Wildman–Crippen MR) is 107 cm³/mol. The number of rotatable bonds is 6. The van der Waals surface area contributed by atoms with Gasteiger partial charge in [-0.1, -0.05) is 23.7 Å². The first-order chi connectivity index (χ1) is 13.0. The van der Waals surface area contributed by atoms with Gasteiger partial charge in [0.15, 0.2) is 5.13 Å². The lowest BCUT2D eigenvalue weighted by atomic mass is 10.1. The first-order valence-electron chi connectivity index (χ1n) is 7.93. The van der Waals surface area contributed by atoms with Crippen LogP contribution in [0.4, 0.5) is 16.5 Å². The van der Waals surface area contributed by atoms with Gasteiger partial charge in [0.2, 0.25) is 0 Å². The number of nitro groups is 1. The van der Waals surface area contributed by atoms with Gasteiger partial charge in [-0.15, -0.1) is 11.3 Å². The van der Waals surface area contributed by atoms with Gasteiger partial charge in [-0.2, -0.15) is 0 Å². The number of nitrogens with one attached hydrogen (secondary N) is 2. The molecule has 9 heteroatoms. The maximum Gasteiger partial charge on any atom is 0.293 e. The van der Waals surface area contributed by atoms with E-state index in [9.17, 15) is 14.9 Å². The van der Waals surface area contributed by atoms with E-state index in [0.717, 1.165) is 10.4 Å². The monoisotopic (exact) mass is 402 g/mol. The molecule has 2 N–H and O–H groups in total. The van der Waals surface area contributed by atoms with Gasteiger partial charge >= 0.3 is 0 Å². The average molecular weight is 403 g/mol. The molecule has 7 nitrogen and oxygen atoms in total. The molecular formula is C18H15ClN4O3S. The van der Waals surface area contributed by atoms with Crippen molar-refractivity contribution in [3.8, 4) is 0 Å². The van der Waals surface area contributed by atoms with Crippen LogP contribution in [-0.2, 0) is 6.42 Å². The zero-order valence-corrected chi connectivity index (χ0v) is 15.8. The van der Waals surface area contributed by atoms with Gasteiger partial charge in [0, 0.05) is 41.2 Å². The van der Waals surface area contributed by atoms with Crippen molar-refractivity contribution in [2.75, 3.05) is 17.7 Å². The molecule has 3 aromatic rings. The van der Waals surface area contributed by atoms with Crippen LogP contribution in [0.1, 0.15) is 20.8 Å². The Labute approximate surface area is 164 Å². The van der Waals surface area contributed by atoms with E-state index in [2.05, 4.69) is 15.6 Å². The van der Waals surface area contributed by atoms with Crippen LogP contribution in [0.3, 0.4) is 0 Å². The molecule has 0 radical (unpaired) electrons. The second-order valence-electron chi connectivity index (χ2n) is 5.63. The minimum Gasteiger partial charge on any atom is -0.383 e. The van der Waals surface area contributed by atoms with Crippen LogP contribution < -0.4 is 10.6 Å². The number of anilines is 2. The molecule has 27 heavy (non-hydrogen) atoms. The Kier molecular flexibility index (Phi) is 5.68. The third-order valence-corrected chi connectivity index (χ3v) is 4.92. The van der Waals surface area contributed by atoms with E-state index < -0.39 is 10.8 Å². The molecule has 0 spiro atoms. The van der Waals surface area contributed by atoms with Crippen LogP contribution in [0.15, 0.2) is 48.7 Å². The number of aromatic nitrogens is 1. The number of halogens is 1. The van der Waals surface area contributed by atoms with E-state index in [-0.39, 0.29) is 11.3 Å². The summed E-state index contributed by atoms with van der Waals surface area (Å²) >= 11 is 7.33. The molecule has 1 aromatic heterocycles. The molecule has 0 fully saturated rings. The summed E-state index contributed by atoms with van der Waals surface area (Å²) in [5, 5.41) is 17.6. The van der Waals surface area contributed by atoms with Gasteiger partial charge in [-0.3, -0.25) is 20.2 Å². The Balaban J connectivity index is 1.72. The summed E-state index contributed by atoms with van der Waals surface area (Å²) in [7, 11) is 1.58. The molecule has 1 amide bonds. The Morgan fingerprint density at radius 3 is 2.81 bits per heavy atom. The zero-order chi connectivity index (χ0) is 19.4. The van der Waals surface area contributed by atoms with Crippen molar-refractivity contribution in [1.82, 2.24) is 4.98 Å². The Hall–Kier alpha value is -2.97. The lowest BCUT2D eigenvalue weighted by Crippen LogP contribution is -2.12. The van der Waals surface area contributed by atoms with Crippen molar-refractivity contribution in [2.45, 2.75) is 6.42 Å². The Morgan fingerprint density at radius 1 is 1.30 bits per heavy atom. The second-order valence-corrected chi connectivity index (χ2v) is 7.18. The first-order valence-corrected chi connectivity index (χ1v) is 9.12. The zero-order valence-electron chi connectivity index (χ0n) is 14.2. The number of nitrogens with zero attached hydrogens (tertiary/aromatic N) is 2. The summed E-state index contributed by atoms with van der Waals surface area (Å²) in [4.78, 5) is 28.2. The van der Waals surface area contributed by atoms with Crippen molar-refractivity contribution in [3.05, 3.63) is 79.8 Å². The Morgan fingerprint density at radius 2 is 2.11 bits per heavy atom. The summed E-state index contributed by atoms with van der Waals surface area (Å²) in [6, 6.07) is 11.8. The van der Waals surface area contributed by atoms with Crippen LogP contribution in [0.25, 0.3) is 0 Å². The van der Waals surface area contributed by atoms with Crippen LogP contribution in [-0.4, -0.2) is 22.9 Å². The Bertz CT molecular complexity index is 1010. The molecule has 0 aliphatic carbocycles. The molecule has 0 aliphatic heterocycles. The number of hydrogen-bond acceptors (Lipinski definition) is 6. The highest BCUT2D eigenvalue weighted by Crippen LogP contribution is 2.26. The molecule has 0 atom stereocenters. The van der Waals surface area contributed by atoms with E-state index in [1.807, 2.05) is 24.3 Å². The molecule has 3 rings (SSSR count). The molecule has 2 aromatic carbocycles. The van der Waals surface area contributed by atoms with Crippen LogP contribution in [0, 0.1) is 10.1 Å². The van der Waals surface area contributed by atoms with Crippen molar-refractivity contribution >= 4 is 45.4 Å². The second kappa shape index (κ2) is 8.15. The number of carbonyl (C=O) groups excluding carboxylic acids is 1. The summed E-state index contributed by atoms with van der Waals surface area (Å²) in [5.41, 5.74) is 1.41. The largest absolute Gasteiger partial charge is 0.383 e. The molecule has 0 saturated heterocycles. The number of nitro benzene ring substituents is 1. The van der Waals surface area contributed by atoms with Gasteiger partial charge in [-0.05, 0) is 29.8 Å². The normalized spacial score (nSPS) is 10.4. The SMILES string of the molecule is CNc1ccc(C(=O)Nc2ncc(Cc3cccc(Cl)c3)s2)cc1[N+](=O)[O-]. The maximum atomic E-state index is 12.4. The van der Waals surface area contributed by atoms with Crippen molar-refractivity contribution in [1.29, 1.82) is 0 Å². The molecule has 0 bridgehead atoms. The smallest absolute Gasteiger partial charge is 0.293 e.